The summed E-state index contributed by atoms with van der Waals surface area (Å²) in [4.78, 5) is 57.1. The second-order valence-electron chi connectivity index (χ2n) is 10.4. The predicted molar refractivity (Wildman–Crippen MR) is 128 cm³/mol. The van der Waals surface area contributed by atoms with E-state index < -0.39 is 0 Å². The van der Waals surface area contributed by atoms with Crippen LogP contribution in [0.3, 0.4) is 0 Å². The van der Waals surface area contributed by atoms with E-state index >= 15 is 0 Å². The lowest BCUT2D eigenvalue weighted by atomic mass is 9.81. The van der Waals surface area contributed by atoms with Crippen LogP contribution in [0, 0.1) is 5.92 Å². The van der Waals surface area contributed by atoms with Crippen LogP contribution in [0.4, 0.5) is 0 Å². The summed E-state index contributed by atoms with van der Waals surface area (Å²) in [7, 11) is 0. The van der Waals surface area contributed by atoms with E-state index in [-0.39, 0.29) is 35.7 Å². The Kier molecular flexibility index (Phi) is 5.08. The van der Waals surface area contributed by atoms with Crippen molar-refractivity contribution in [3.05, 3.63) is 46.5 Å². The number of rotatable bonds is 3. The minimum Gasteiger partial charge on any atom is -0.271 e. The molecule has 0 atom stereocenters. The molecule has 2 aliphatic carbocycles. The average Bonchev–Trinajstić information content (AvgIpc) is 2.87. The van der Waals surface area contributed by atoms with Crippen molar-refractivity contribution in [2.24, 2.45) is 5.92 Å². The van der Waals surface area contributed by atoms with E-state index in [1.54, 1.807) is 24.3 Å². The summed E-state index contributed by atoms with van der Waals surface area (Å²) in [6, 6.07) is 6.59. The highest BCUT2D eigenvalue weighted by molar-refractivity contribution is 6.33. The van der Waals surface area contributed by atoms with Gasteiger partial charge in [0.2, 0.25) is 0 Å². The maximum absolute atomic E-state index is 13.6. The Balaban J connectivity index is 1.43. The van der Waals surface area contributed by atoms with Crippen molar-refractivity contribution in [2.45, 2.75) is 83.2 Å². The monoisotopic (exact) mass is 458 g/mol. The molecule has 2 saturated carbocycles. The molecule has 6 rings (SSSR count). The van der Waals surface area contributed by atoms with Gasteiger partial charge in [0.05, 0.1) is 0 Å². The largest absolute Gasteiger partial charge is 0.271 e. The van der Waals surface area contributed by atoms with Crippen molar-refractivity contribution >= 4 is 34.4 Å². The van der Waals surface area contributed by atoms with Gasteiger partial charge in [0.15, 0.2) is 0 Å². The van der Waals surface area contributed by atoms with Gasteiger partial charge in [0.25, 0.3) is 23.6 Å². The fraction of sp³-hybridized carbons (Fsp3) is 0.500. The summed E-state index contributed by atoms with van der Waals surface area (Å²) in [5, 5.41) is 0.960. The molecule has 0 N–H and O–H groups in total. The van der Waals surface area contributed by atoms with E-state index in [0.717, 1.165) is 64.2 Å². The number of hydrogen-bond donors (Lipinski definition) is 0. The fourth-order valence-electron chi connectivity index (χ4n) is 6.73. The third-order valence-corrected chi connectivity index (χ3v) is 8.66. The van der Waals surface area contributed by atoms with Crippen LogP contribution in [0.2, 0.25) is 0 Å². The molecule has 0 aromatic heterocycles. The summed E-state index contributed by atoms with van der Waals surface area (Å²) in [6.45, 7) is 2.19. The van der Waals surface area contributed by atoms with Crippen molar-refractivity contribution in [3.63, 3.8) is 0 Å². The predicted octanol–water partition coefficient (Wildman–Crippen LogP) is 5.33. The lowest BCUT2D eigenvalue weighted by Crippen LogP contribution is -2.50. The van der Waals surface area contributed by atoms with E-state index in [4.69, 9.17) is 0 Å². The Morgan fingerprint density at radius 1 is 0.588 bits per heavy atom. The maximum Gasteiger partial charge on any atom is 0.261 e. The molecule has 2 aliphatic heterocycles. The van der Waals surface area contributed by atoms with Crippen LogP contribution in [0.5, 0.6) is 0 Å². The Morgan fingerprint density at radius 2 is 0.971 bits per heavy atom. The second kappa shape index (κ2) is 8.03. The van der Waals surface area contributed by atoms with Gasteiger partial charge in [-0.15, -0.1) is 0 Å². The number of carbonyl (C=O) groups excluding carboxylic acids is 4. The van der Waals surface area contributed by atoms with Crippen molar-refractivity contribution in [3.8, 4) is 0 Å². The average molecular weight is 459 g/mol. The maximum atomic E-state index is 13.6. The quantitative estimate of drug-likeness (QED) is 0.583. The molecule has 0 spiro atoms. The standard InChI is InChI=1S/C28H30N2O4/c1-2-16-8-10-18(11-9-16)30-27(33)21-14-12-19-23-20(13-15-22(24(21)23)28(30)34)26(32)29(25(19)31)17-6-4-3-5-7-17/h12-18H,2-11H2,1H3. The molecule has 2 fully saturated rings. The number of amides is 4. The molecule has 6 nitrogen and oxygen atoms in total. The minimum atomic E-state index is -0.298. The van der Waals surface area contributed by atoms with Gasteiger partial charge in [0.1, 0.15) is 0 Å². The number of benzene rings is 2. The first-order valence-corrected chi connectivity index (χ1v) is 12.9. The molecule has 2 aromatic rings. The van der Waals surface area contributed by atoms with Crippen LogP contribution < -0.4 is 0 Å². The summed E-state index contributed by atoms with van der Waals surface area (Å²) in [5.41, 5.74) is 1.72. The van der Waals surface area contributed by atoms with E-state index in [1.165, 1.54) is 9.80 Å². The molecule has 34 heavy (non-hydrogen) atoms. The molecular weight excluding hydrogens is 428 g/mol. The number of hydrogen-bond acceptors (Lipinski definition) is 4. The molecule has 176 valence electrons. The fourth-order valence-corrected chi connectivity index (χ4v) is 6.73. The Morgan fingerprint density at radius 3 is 1.35 bits per heavy atom. The highest BCUT2D eigenvalue weighted by atomic mass is 16.2. The molecule has 0 radical (unpaired) electrons. The van der Waals surface area contributed by atoms with Crippen LogP contribution in [-0.4, -0.2) is 45.5 Å². The molecule has 6 heteroatoms. The number of nitrogens with zero attached hydrogens (tertiary/aromatic N) is 2. The van der Waals surface area contributed by atoms with Crippen LogP contribution in [0.25, 0.3) is 10.8 Å². The van der Waals surface area contributed by atoms with Crippen molar-refractivity contribution in [2.75, 3.05) is 0 Å². The van der Waals surface area contributed by atoms with E-state index in [0.29, 0.717) is 38.9 Å². The Labute approximate surface area is 199 Å². The van der Waals surface area contributed by atoms with Gasteiger partial charge in [-0.1, -0.05) is 32.6 Å². The summed E-state index contributed by atoms with van der Waals surface area (Å²) >= 11 is 0. The van der Waals surface area contributed by atoms with Crippen molar-refractivity contribution in [1.29, 1.82) is 0 Å². The normalized spacial score (nSPS) is 25.4. The minimum absolute atomic E-state index is 0.0822. The van der Waals surface area contributed by atoms with Crippen molar-refractivity contribution < 1.29 is 19.2 Å². The highest BCUT2D eigenvalue weighted by Gasteiger charge is 2.43. The topological polar surface area (TPSA) is 74.8 Å². The molecule has 4 aliphatic rings. The second-order valence-corrected chi connectivity index (χ2v) is 10.4. The van der Waals surface area contributed by atoms with Gasteiger partial charge in [0, 0.05) is 45.1 Å². The first-order chi connectivity index (χ1) is 16.5. The molecular formula is C28H30N2O4. The first-order valence-electron chi connectivity index (χ1n) is 12.9. The molecule has 0 unspecified atom stereocenters. The lowest BCUT2D eigenvalue weighted by Gasteiger charge is -2.39. The summed E-state index contributed by atoms with van der Waals surface area (Å²) in [5.74, 6) is -0.526. The van der Waals surface area contributed by atoms with Crippen LogP contribution >= 0.6 is 0 Å². The molecule has 0 saturated heterocycles. The van der Waals surface area contributed by atoms with Gasteiger partial charge < -0.3 is 0 Å². The van der Waals surface area contributed by atoms with Gasteiger partial charge in [-0.05, 0) is 68.7 Å². The van der Waals surface area contributed by atoms with Gasteiger partial charge >= 0.3 is 0 Å². The van der Waals surface area contributed by atoms with E-state index in [1.807, 2.05) is 0 Å². The van der Waals surface area contributed by atoms with Gasteiger partial charge in [-0.25, -0.2) is 0 Å². The first kappa shape index (κ1) is 21.5. The van der Waals surface area contributed by atoms with Crippen LogP contribution in [-0.2, 0) is 0 Å². The third kappa shape index (κ3) is 3.00. The Bertz CT molecular complexity index is 1160. The van der Waals surface area contributed by atoms with Gasteiger partial charge in [-0.3, -0.25) is 29.0 Å². The smallest absolute Gasteiger partial charge is 0.261 e. The molecule has 2 heterocycles. The molecule has 0 bridgehead atoms. The van der Waals surface area contributed by atoms with E-state index in [2.05, 4.69) is 6.92 Å². The lowest BCUT2D eigenvalue weighted by molar-refractivity contribution is 0.0469. The SMILES string of the molecule is CCC1CCC(N2C(=O)c3ccc4c5c(ccc(c35)C2=O)C(=O)N(C2CCCCC2)C4=O)CC1. The zero-order chi connectivity index (χ0) is 23.6. The molecule has 4 amide bonds. The highest BCUT2D eigenvalue weighted by Crippen LogP contribution is 2.41. The zero-order valence-electron chi connectivity index (χ0n) is 19.6. The Hall–Kier alpha value is -3.02. The number of imide groups is 2. The number of carbonyl (C=O) groups is 4. The van der Waals surface area contributed by atoms with Crippen molar-refractivity contribution in [1.82, 2.24) is 9.80 Å². The van der Waals surface area contributed by atoms with Gasteiger partial charge in [-0.2, -0.15) is 0 Å². The summed E-state index contributed by atoms with van der Waals surface area (Å²) < 4.78 is 0. The third-order valence-electron chi connectivity index (χ3n) is 8.66. The summed E-state index contributed by atoms with van der Waals surface area (Å²) in [6.07, 6.45) is 9.67. The molecule has 2 aromatic carbocycles. The van der Waals surface area contributed by atoms with Crippen LogP contribution in [0.1, 0.15) is 113 Å². The van der Waals surface area contributed by atoms with Crippen LogP contribution in [0.15, 0.2) is 24.3 Å². The van der Waals surface area contributed by atoms with E-state index in [9.17, 15) is 19.2 Å². The zero-order valence-corrected chi connectivity index (χ0v) is 19.6.